The molecule has 5 nitrogen and oxygen atoms in total. The molecule has 0 amide bonds. The molecule has 2 rings (SSSR count). The van der Waals surface area contributed by atoms with Crippen molar-refractivity contribution in [2.24, 2.45) is 0 Å². The molecule has 0 aliphatic carbocycles. The molecule has 0 aliphatic rings. The third kappa shape index (κ3) is 2.42. The lowest BCUT2D eigenvalue weighted by Gasteiger charge is -2.01. The molecule has 2 N–H and O–H groups in total. The Bertz CT molecular complexity index is 515. The summed E-state index contributed by atoms with van der Waals surface area (Å²) >= 11 is 4.59. The molecule has 0 unspecified atom stereocenters. The van der Waals surface area contributed by atoms with Crippen molar-refractivity contribution < 1.29 is 9.90 Å². The summed E-state index contributed by atoms with van der Waals surface area (Å²) in [5.41, 5.74) is 0.238. The van der Waals surface area contributed by atoms with Crippen LogP contribution in [0.15, 0.2) is 39.1 Å². The third-order valence-corrected chi connectivity index (χ3v) is 3.31. The maximum Gasteiger partial charge on any atom is 0.336 e. The molecule has 1 heterocycles. The Morgan fingerprint density at radius 1 is 1.50 bits per heavy atom. The molecule has 0 saturated heterocycles. The number of nitrogens with one attached hydrogen (secondary N) is 1. The van der Waals surface area contributed by atoms with Crippen molar-refractivity contribution in [3.8, 4) is 0 Å². The van der Waals surface area contributed by atoms with Gasteiger partial charge in [0.25, 0.3) is 0 Å². The first-order valence-electron chi connectivity index (χ1n) is 4.23. The smallest absolute Gasteiger partial charge is 0.336 e. The molecule has 82 valence electrons. The highest BCUT2D eigenvalue weighted by Crippen LogP contribution is 2.28. The third-order valence-electron chi connectivity index (χ3n) is 1.78. The lowest BCUT2D eigenvalue weighted by atomic mass is 10.2. The van der Waals surface area contributed by atoms with Gasteiger partial charge in [-0.05, 0) is 34.1 Å². The molecule has 16 heavy (non-hydrogen) atoms. The maximum atomic E-state index is 10.8. The standard InChI is InChI=1S/C9H6BrN3O2S/c10-7-3-5(1-2-6(7)8(14)15)16-9-11-4-12-13-9/h1-4H,(H,14,15)(H,11,12,13). The fraction of sp³-hybridized carbons (Fsp3) is 0. The van der Waals surface area contributed by atoms with Crippen LogP contribution in [0.4, 0.5) is 0 Å². The van der Waals surface area contributed by atoms with Gasteiger partial charge in [-0.1, -0.05) is 11.8 Å². The molecule has 0 saturated carbocycles. The highest BCUT2D eigenvalue weighted by atomic mass is 79.9. The van der Waals surface area contributed by atoms with Crippen LogP contribution in [0.3, 0.4) is 0 Å². The van der Waals surface area contributed by atoms with E-state index in [0.29, 0.717) is 9.63 Å². The number of aromatic amines is 1. The Morgan fingerprint density at radius 2 is 2.31 bits per heavy atom. The minimum absolute atomic E-state index is 0.238. The second-order valence-electron chi connectivity index (χ2n) is 2.84. The summed E-state index contributed by atoms with van der Waals surface area (Å²) in [5, 5.41) is 15.9. The topological polar surface area (TPSA) is 78.9 Å². The van der Waals surface area contributed by atoms with Crippen LogP contribution in [0.1, 0.15) is 10.4 Å². The van der Waals surface area contributed by atoms with E-state index < -0.39 is 5.97 Å². The summed E-state index contributed by atoms with van der Waals surface area (Å²) in [7, 11) is 0. The summed E-state index contributed by atoms with van der Waals surface area (Å²) in [6.07, 6.45) is 1.42. The number of rotatable bonds is 3. The van der Waals surface area contributed by atoms with E-state index in [1.807, 2.05) is 0 Å². The van der Waals surface area contributed by atoms with E-state index >= 15 is 0 Å². The van der Waals surface area contributed by atoms with E-state index in [0.717, 1.165) is 4.90 Å². The number of hydrogen-bond acceptors (Lipinski definition) is 4. The molecule has 0 spiro atoms. The van der Waals surface area contributed by atoms with Crippen LogP contribution in [-0.4, -0.2) is 26.3 Å². The van der Waals surface area contributed by atoms with Gasteiger partial charge in [-0.15, -0.1) is 0 Å². The van der Waals surface area contributed by atoms with Gasteiger partial charge >= 0.3 is 5.97 Å². The van der Waals surface area contributed by atoms with Crippen molar-refractivity contribution in [2.45, 2.75) is 10.1 Å². The van der Waals surface area contributed by atoms with Gasteiger partial charge in [0, 0.05) is 9.37 Å². The number of aromatic carboxylic acids is 1. The monoisotopic (exact) mass is 299 g/mol. The van der Waals surface area contributed by atoms with Gasteiger partial charge in [-0.25, -0.2) is 9.78 Å². The number of halogens is 1. The summed E-state index contributed by atoms with van der Waals surface area (Å²) < 4.78 is 0.546. The SMILES string of the molecule is O=C(O)c1ccc(Sc2ncn[nH]2)cc1Br. The predicted octanol–water partition coefficient (Wildman–Crippen LogP) is 2.42. The highest BCUT2D eigenvalue weighted by Gasteiger charge is 2.09. The largest absolute Gasteiger partial charge is 0.478 e. The van der Waals surface area contributed by atoms with Gasteiger partial charge in [0.05, 0.1) is 5.56 Å². The van der Waals surface area contributed by atoms with Gasteiger partial charge in [-0.3, -0.25) is 5.10 Å². The fourth-order valence-corrected chi connectivity index (χ4v) is 2.52. The Balaban J connectivity index is 2.24. The van der Waals surface area contributed by atoms with Crippen molar-refractivity contribution >= 4 is 33.7 Å². The van der Waals surface area contributed by atoms with Crippen LogP contribution in [-0.2, 0) is 0 Å². The molecule has 0 bridgehead atoms. The number of hydrogen-bond donors (Lipinski definition) is 2. The Labute approximate surface area is 103 Å². The normalized spacial score (nSPS) is 10.3. The molecule has 0 aliphatic heterocycles. The molecular weight excluding hydrogens is 294 g/mol. The van der Waals surface area contributed by atoms with E-state index in [4.69, 9.17) is 5.11 Å². The van der Waals surface area contributed by atoms with Crippen molar-refractivity contribution in [3.05, 3.63) is 34.6 Å². The molecule has 1 aromatic heterocycles. The number of carboxylic acids is 1. The number of carbonyl (C=O) groups is 1. The van der Waals surface area contributed by atoms with E-state index in [2.05, 4.69) is 31.1 Å². The highest BCUT2D eigenvalue weighted by molar-refractivity contribution is 9.10. The van der Waals surface area contributed by atoms with E-state index in [9.17, 15) is 4.79 Å². The quantitative estimate of drug-likeness (QED) is 0.910. The second-order valence-corrected chi connectivity index (χ2v) is 4.76. The molecule has 1 aromatic carbocycles. The first kappa shape index (κ1) is 11.2. The van der Waals surface area contributed by atoms with Gasteiger partial charge in [-0.2, -0.15) is 5.10 Å². The van der Waals surface area contributed by atoms with Crippen LogP contribution >= 0.6 is 27.7 Å². The van der Waals surface area contributed by atoms with Crippen LogP contribution in [0.2, 0.25) is 0 Å². The average Bonchev–Trinajstić information content (AvgIpc) is 2.70. The summed E-state index contributed by atoms with van der Waals surface area (Å²) in [4.78, 5) is 15.6. The summed E-state index contributed by atoms with van der Waals surface area (Å²) in [5.74, 6) is -0.955. The van der Waals surface area contributed by atoms with Crippen LogP contribution in [0.25, 0.3) is 0 Å². The minimum Gasteiger partial charge on any atom is -0.478 e. The summed E-state index contributed by atoms with van der Waals surface area (Å²) in [6, 6.07) is 5.00. The summed E-state index contributed by atoms with van der Waals surface area (Å²) in [6.45, 7) is 0. The van der Waals surface area contributed by atoms with Gasteiger partial charge in [0.1, 0.15) is 6.33 Å². The van der Waals surface area contributed by atoms with Gasteiger partial charge in [0.2, 0.25) is 0 Å². The zero-order chi connectivity index (χ0) is 11.5. The fourth-order valence-electron chi connectivity index (χ4n) is 1.09. The Kier molecular flexibility index (Phi) is 3.25. The Morgan fingerprint density at radius 3 is 2.88 bits per heavy atom. The van der Waals surface area contributed by atoms with Gasteiger partial charge < -0.3 is 5.11 Å². The molecular formula is C9H6BrN3O2S. The first-order chi connectivity index (χ1) is 7.66. The molecule has 0 radical (unpaired) electrons. The van der Waals surface area contributed by atoms with Crippen molar-refractivity contribution in [2.75, 3.05) is 0 Å². The first-order valence-corrected chi connectivity index (χ1v) is 5.84. The van der Waals surface area contributed by atoms with Gasteiger partial charge in [0.15, 0.2) is 5.16 Å². The number of H-pyrrole nitrogens is 1. The predicted molar refractivity (Wildman–Crippen MR) is 61.6 cm³/mol. The van der Waals surface area contributed by atoms with Crippen molar-refractivity contribution in [1.82, 2.24) is 15.2 Å². The van der Waals surface area contributed by atoms with E-state index in [1.165, 1.54) is 18.1 Å². The zero-order valence-electron chi connectivity index (χ0n) is 7.85. The average molecular weight is 300 g/mol. The number of nitrogens with zero attached hydrogens (tertiary/aromatic N) is 2. The maximum absolute atomic E-state index is 10.8. The zero-order valence-corrected chi connectivity index (χ0v) is 10.2. The minimum atomic E-state index is -0.955. The van der Waals surface area contributed by atoms with Crippen molar-refractivity contribution in [1.29, 1.82) is 0 Å². The number of benzene rings is 1. The molecule has 0 atom stereocenters. The van der Waals surface area contributed by atoms with Crippen LogP contribution in [0, 0.1) is 0 Å². The molecule has 0 fully saturated rings. The Hall–Kier alpha value is -1.34. The molecule has 7 heteroatoms. The van der Waals surface area contributed by atoms with Crippen molar-refractivity contribution in [3.63, 3.8) is 0 Å². The lowest BCUT2D eigenvalue weighted by Crippen LogP contribution is -1.97. The van der Waals surface area contributed by atoms with Crippen LogP contribution < -0.4 is 0 Å². The molecule has 2 aromatic rings. The van der Waals surface area contributed by atoms with Crippen LogP contribution in [0.5, 0.6) is 0 Å². The van der Waals surface area contributed by atoms with E-state index in [1.54, 1.807) is 18.2 Å². The lowest BCUT2D eigenvalue weighted by molar-refractivity contribution is 0.0696. The number of aromatic nitrogens is 3. The van der Waals surface area contributed by atoms with E-state index in [-0.39, 0.29) is 5.56 Å². The second kappa shape index (κ2) is 4.67. The number of carboxylic acid groups (broad SMARTS) is 1.